The van der Waals surface area contributed by atoms with Crippen molar-refractivity contribution in [3.8, 4) is 0 Å². The van der Waals surface area contributed by atoms with E-state index in [0.717, 1.165) is 0 Å². The Labute approximate surface area is 108 Å². The number of amides is 3. The maximum absolute atomic E-state index is 11.7. The third kappa shape index (κ3) is 2.89. The van der Waals surface area contributed by atoms with Crippen molar-refractivity contribution in [1.82, 2.24) is 15.2 Å². The van der Waals surface area contributed by atoms with E-state index in [1.165, 1.54) is 16.7 Å². The van der Waals surface area contributed by atoms with Gasteiger partial charge in [-0.05, 0) is 12.1 Å². The molecule has 1 aliphatic rings. The van der Waals surface area contributed by atoms with Crippen LogP contribution in [0.4, 0.5) is 4.79 Å². The predicted octanol–water partition coefficient (Wildman–Crippen LogP) is 1.38. The molecule has 1 saturated heterocycles. The van der Waals surface area contributed by atoms with Gasteiger partial charge in [0.05, 0.1) is 10.8 Å². The molecule has 0 atom stereocenters. The first-order valence-electron chi connectivity index (χ1n) is 5.00. The monoisotopic (exact) mass is 271 g/mol. The van der Waals surface area contributed by atoms with Crippen LogP contribution in [0.3, 0.4) is 0 Å². The summed E-state index contributed by atoms with van der Waals surface area (Å²) in [6.45, 7) is 0.938. The van der Waals surface area contributed by atoms with Crippen LogP contribution in [0.2, 0.25) is 5.02 Å². The fourth-order valence-electron chi connectivity index (χ4n) is 1.39. The third-order valence-electron chi connectivity index (χ3n) is 2.21. The Balaban J connectivity index is 1.92. The first-order chi connectivity index (χ1) is 8.18. The van der Waals surface area contributed by atoms with Crippen LogP contribution in [-0.2, 0) is 4.79 Å². The highest BCUT2D eigenvalue weighted by Gasteiger charge is 2.25. The number of carbonyl (C=O) groups is 2. The first-order valence-corrected chi connectivity index (χ1v) is 6.36. The third-order valence-corrected chi connectivity index (χ3v) is 3.62. The van der Waals surface area contributed by atoms with Crippen molar-refractivity contribution in [2.45, 2.75) is 5.03 Å². The molecule has 5 nitrogen and oxygen atoms in total. The summed E-state index contributed by atoms with van der Waals surface area (Å²) in [5.41, 5.74) is 0. The zero-order chi connectivity index (χ0) is 12.3. The van der Waals surface area contributed by atoms with Crippen LogP contribution in [0.25, 0.3) is 0 Å². The number of hydrogen-bond donors (Lipinski definition) is 1. The van der Waals surface area contributed by atoms with Crippen molar-refractivity contribution in [2.75, 3.05) is 18.8 Å². The molecule has 2 heterocycles. The summed E-state index contributed by atoms with van der Waals surface area (Å²) in [4.78, 5) is 28.2. The Morgan fingerprint density at radius 3 is 3.12 bits per heavy atom. The number of pyridine rings is 1. The van der Waals surface area contributed by atoms with E-state index < -0.39 is 0 Å². The van der Waals surface area contributed by atoms with Crippen LogP contribution < -0.4 is 5.32 Å². The lowest BCUT2D eigenvalue weighted by Crippen LogP contribution is -2.35. The second kappa shape index (κ2) is 5.37. The number of urea groups is 1. The van der Waals surface area contributed by atoms with Gasteiger partial charge in [0.15, 0.2) is 0 Å². The van der Waals surface area contributed by atoms with Gasteiger partial charge < -0.3 is 5.32 Å². The molecular weight excluding hydrogens is 262 g/mol. The van der Waals surface area contributed by atoms with Gasteiger partial charge >= 0.3 is 6.03 Å². The maximum atomic E-state index is 11.7. The molecule has 1 aromatic rings. The minimum atomic E-state index is -0.331. The highest BCUT2D eigenvalue weighted by atomic mass is 35.5. The van der Waals surface area contributed by atoms with Crippen LogP contribution >= 0.6 is 23.4 Å². The molecule has 1 aromatic heterocycles. The van der Waals surface area contributed by atoms with Crippen LogP contribution in [0, 0.1) is 0 Å². The summed E-state index contributed by atoms with van der Waals surface area (Å²) >= 11 is 7.14. The molecule has 17 heavy (non-hydrogen) atoms. The number of imide groups is 1. The number of nitrogens with zero attached hydrogens (tertiary/aromatic N) is 2. The van der Waals surface area contributed by atoms with Crippen molar-refractivity contribution >= 4 is 35.3 Å². The van der Waals surface area contributed by atoms with E-state index >= 15 is 0 Å². The van der Waals surface area contributed by atoms with Gasteiger partial charge in [0.25, 0.3) is 0 Å². The molecule has 0 aromatic carbocycles. The predicted molar refractivity (Wildman–Crippen MR) is 65.1 cm³/mol. The van der Waals surface area contributed by atoms with Crippen molar-refractivity contribution in [3.63, 3.8) is 0 Å². The second-order valence-corrected chi connectivity index (χ2v) is 4.73. The summed E-state index contributed by atoms with van der Waals surface area (Å²) in [6, 6.07) is 3.11. The Kier molecular flexibility index (Phi) is 3.86. The van der Waals surface area contributed by atoms with Gasteiger partial charge in [-0.25, -0.2) is 9.78 Å². The fourth-order valence-corrected chi connectivity index (χ4v) is 2.44. The number of halogens is 1. The van der Waals surface area contributed by atoms with Crippen molar-refractivity contribution < 1.29 is 9.59 Å². The smallest absolute Gasteiger partial charge is 0.324 e. The SMILES string of the molecule is O=C(CSc1ncccc1Cl)N1CCNC1=O. The van der Waals surface area contributed by atoms with Crippen LogP contribution in [-0.4, -0.2) is 40.7 Å². The van der Waals surface area contributed by atoms with Gasteiger partial charge in [-0.1, -0.05) is 23.4 Å². The molecule has 0 saturated carbocycles. The molecule has 0 bridgehead atoms. The average molecular weight is 272 g/mol. The van der Waals surface area contributed by atoms with E-state index in [1.807, 2.05) is 0 Å². The first kappa shape index (κ1) is 12.2. The lowest BCUT2D eigenvalue weighted by atomic mass is 10.5. The molecule has 0 radical (unpaired) electrons. The van der Waals surface area contributed by atoms with Crippen molar-refractivity contribution in [2.24, 2.45) is 0 Å². The lowest BCUT2D eigenvalue weighted by molar-refractivity contribution is -0.124. The lowest BCUT2D eigenvalue weighted by Gasteiger charge is -2.11. The molecule has 1 fully saturated rings. The van der Waals surface area contributed by atoms with Gasteiger partial charge in [0, 0.05) is 19.3 Å². The van der Waals surface area contributed by atoms with E-state index in [1.54, 1.807) is 18.3 Å². The largest absolute Gasteiger partial charge is 0.336 e. The van der Waals surface area contributed by atoms with Crippen LogP contribution in [0.15, 0.2) is 23.4 Å². The molecule has 7 heteroatoms. The Morgan fingerprint density at radius 1 is 1.65 bits per heavy atom. The molecule has 0 unspecified atom stereocenters. The maximum Gasteiger partial charge on any atom is 0.324 e. The number of nitrogens with one attached hydrogen (secondary N) is 1. The van der Waals surface area contributed by atoms with Crippen molar-refractivity contribution in [3.05, 3.63) is 23.4 Å². The Hall–Kier alpha value is -1.27. The summed E-state index contributed by atoms with van der Waals surface area (Å²) in [5, 5.41) is 3.68. The van der Waals surface area contributed by atoms with Crippen LogP contribution in [0.1, 0.15) is 0 Å². The minimum absolute atomic E-state index is 0.157. The number of rotatable bonds is 3. The zero-order valence-electron chi connectivity index (χ0n) is 8.85. The van der Waals surface area contributed by atoms with E-state index in [0.29, 0.717) is 23.1 Å². The standard InChI is InChI=1S/C10H10ClN3O2S/c11-7-2-1-3-12-9(7)17-6-8(15)14-5-4-13-10(14)16/h1-3H,4-6H2,(H,13,16). The van der Waals surface area contributed by atoms with E-state index in [-0.39, 0.29) is 17.7 Å². The molecule has 2 rings (SSSR count). The highest BCUT2D eigenvalue weighted by molar-refractivity contribution is 8.00. The summed E-state index contributed by atoms with van der Waals surface area (Å²) in [7, 11) is 0. The van der Waals surface area contributed by atoms with E-state index in [9.17, 15) is 9.59 Å². The molecular formula is C10H10ClN3O2S. The summed E-state index contributed by atoms with van der Waals surface area (Å²) in [6.07, 6.45) is 1.61. The normalized spacial score (nSPS) is 14.9. The molecule has 90 valence electrons. The fraction of sp³-hybridized carbons (Fsp3) is 0.300. The van der Waals surface area contributed by atoms with Gasteiger partial charge in [0.1, 0.15) is 5.03 Å². The number of aromatic nitrogens is 1. The van der Waals surface area contributed by atoms with E-state index in [2.05, 4.69) is 10.3 Å². The van der Waals surface area contributed by atoms with Gasteiger partial charge in [-0.15, -0.1) is 0 Å². The molecule has 0 aliphatic carbocycles. The Bertz CT molecular complexity index is 455. The average Bonchev–Trinajstić information content (AvgIpc) is 2.74. The summed E-state index contributed by atoms with van der Waals surface area (Å²) in [5.74, 6) is -0.0730. The number of carbonyl (C=O) groups excluding carboxylic acids is 2. The van der Waals surface area contributed by atoms with E-state index in [4.69, 9.17) is 11.6 Å². The molecule has 1 N–H and O–H groups in total. The quantitative estimate of drug-likeness (QED) is 0.844. The van der Waals surface area contributed by atoms with Gasteiger partial charge in [0.2, 0.25) is 5.91 Å². The van der Waals surface area contributed by atoms with Gasteiger partial charge in [-0.3, -0.25) is 9.69 Å². The number of hydrogen-bond acceptors (Lipinski definition) is 4. The topological polar surface area (TPSA) is 62.3 Å². The minimum Gasteiger partial charge on any atom is -0.336 e. The van der Waals surface area contributed by atoms with Crippen molar-refractivity contribution in [1.29, 1.82) is 0 Å². The Morgan fingerprint density at radius 2 is 2.47 bits per heavy atom. The molecule has 3 amide bonds. The van der Waals surface area contributed by atoms with Gasteiger partial charge in [-0.2, -0.15) is 0 Å². The zero-order valence-corrected chi connectivity index (χ0v) is 10.4. The van der Waals surface area contributed by atoms with Crippen LogP contribution in [0.5, 0.6) is 0 Å². The number of thioether (sulfide) groups is 1. The molecule has 0 spiro atoms. The highest BCUT2D eigenvalue weighted by Crippen LogP contribution is 2.24. The summed E-state index contributed by atoms with van der Waals surface area (Å²) < 4.78 is 0. The second-order valence-electron chi connectivity index (χ2n) is 3.36. The molecule has 1 aliphatic heterocycles.